The number of non-ortho nitro benzene ring substituents is 1. The second kappa shape index (κ2) is 8.20. The van der Waals surface area contributed by atoms with E-state index in [2.05, 4.69) is 10.6 Å². The minimum absolute atomic E-state index is 0.0392. The number of thiocarbonyl (C=S) groups is 1. The van der Waals surface area contributed by atoms with Crippen LogP contribution in [0.5, 0.6) is 5.75 Å². The molecule has 0 radical (unpaired) electrons. The molecule has 0 saturated heterocycles. The summed E-state index contributed by atoms with van der Waals surface area (Å²) in [5.41, 5.74) is 2.10. The Kier molecular flexibility index (Phi) is 6.02. The lowest BCUT2D eigenvalue weighted by atomic mass is 10.1. The van der Waals surface area contributed by atoms with Crippen LogP contribution in [0.25, 0.3) is 0 Å². The number of nitro benzene ring substituents is 1. The number of carbonyl (C=O) groups is 1. The molecule has 0 saturated carbocycles. The molecular formula is C17H17N3O4S. The third-order valence-electron chi connectivity index (χ3n) is 3.51. The van der Waals surface area contributed by atoms with Crippen molar-refractivity contribution in [2.75, 3.05) is 12.4 Å². The number of hydrogen-bond donors (Lipinski definition) is 2. The van der Waals surface area contributed by atoms with Crippen LogP contribution in [0.1, 0.15) is 11.1 Å². The van der Waals surface area contributed by atoms with Gasteiger partial charge in [0.25, 0.3) is 5.69 Å². The molecule has 2 aromatic carbocycles. The summed E-state index contributed by atoms with van der Waals surface area (Å²) in [6.07, 6.45) is 0.181. The smallest absolute Gasteiger partial charge is 0.271 e. The van der Waals surface area contributed by atoms with Crippen LogP contribution in [0.3, 0.4) is 0 Å². The molecule has 0 aliphatic carbocycles. The van der Waals surface area contributed by atoms with E-state index in [0.29, 0.717) is 11.4 Å². The van der Waals surface area contributed by atoms with Crippen molar-refractivity contribution < 1.29 is 14.5 Å². The molecule has 0 unspecified atom stereocenters. The summed E-state index contributed by atoms with van der Waals surface area (Å²) in [6, 6.07) is 11.6. The maximum Gasteiger partial charge on any atom is 0.271 e. The van der Waals surface area contributed by atoms with Crippen LogP contribution in [0.4, 0.5) is 11.4 Å². The first-order valence-electron chi connectivity index (χ1n) is 7.38. The molecular weight excluding hydrogens is 342 g/mol. The van der Waals surface area contributed by atoms with E-state index in [1.165, 1.54) is 25.3 Å². The zero-order chi connectivity index (χ0) is 18.4. The normalized spacial score (nSPS) is 10.0. The minimum Gasteiger partial charge on any atom is -0.495 e. The monoisotopic (exact) mass is 359 g/mol. The standard InChI is InChI=1S/C17H17N3O4S/c1-11-5-3-4-6-12(11)9-16(21)19-17(25)18-14-10-13(20(22)23)7-8-15(14)24-2/h3-8,10H,9H2,1-2H3,(H2,18,19,21,25). The Bertz CT molecular complexity index is 823. The molecule has 1 amide bonds. The number of nitro groups is 1. The van der Waals surface area contributed by atoms with E-state index < -0.39 is 4.92 Å². The fourth-order valence-corrected chi connectivity index (χ4v) is 2.44. The number of rotatable bonds is 5. The summed E-state index contributed by atoms with van der Waals surface area (Å²) in [6.45, 7) is 1.92. The molecule has 8 heteroatoms. The second-order valence-electron chi connectivity index (χ2n) is 5.25. The van der Waals surface area contributed by atoms with E-state index in [4.69, 9.17) is 17.0 Å². The van der Waals surface area contributed by atoms with Crippen molar-refractivity contribution in [2.45, 2.75) is 13.3 Å². The van der Waals surface area contributed by atoms with E-state index in [1.807, 2.05) is 31.2 Å². The third-order valence-corrected chi connectivity index (χ3v) is 3.71. The number of methoxy groups -OCH3 is 1. The van der Waals surface area contributed by atoms with E-state index in [1.54, 1.807) is 0 Å². The van der Waals surface area contributed by atoms with E-state index >= 15 is 0 Å². The van der Waals surface area contributed by atoms with Crippen LogP contribution in [0.15, 0.2) is 42.5 Å². The molecule has 2 N–H and O–H groups in total. The van der Waals surface area contributed by atoms with Gasteiger partial charge < -0.3 is 15.4 Å². The average molecular weight is 359 g/mol. The minimum atomic E-state index is -0.523. The number of nitrogens with one attached hydrogen (secondary N) is 2. The van der Waals surface area contributed by atoms with Gasteiger partial charge in [-0.3, -0.25) is 14.9 Å². The van der Waals surface area contributed by atoms with Gasteiger partial charge in [-0.05, 0) is 36.3 Å². The zero-order valence-corrected chi connectivity index (χ0v) is 14.6. The van der Waals surface area contributed by atoms with Gasteiger partial charge >= 0.3 is 0 Å². The molecule has 0 spiro atoms. The van der Waals surface area contributed by atoms with E-state index in [0.717, 1.165) is 11.1 Å². The summed E-state index contributed by atoms with van der Waals surface area (Å²) < 4.78 is 5.14. The molecule has 7 nitrogen and oxygen atoms in total. The number of hydrogen-bond acceptors (Lipinski definition) is 5. The Morgan fingerprint density at radius 2 is 2.00 bits per heavy atom. The van der Waals surface area contributed by atoms with Crippen LogP contribution >= 0.6 is 12.2 Å². The first-order chi connectivity index (χ1) is 11.9. The Morgan fingerprint density at radius 3 is 2.64 bits per heavy atom. The van der Waals surface area contributed by atoms with Crippen LogP contribution in [0, 0.1) is 17.0 Å². The van der Waals surface area contributed by atoms with Crippen molar-refractivity contribution in [3.8, 4) is 5.75 Å². The van der Waals surface area contributed by atoms with Gasteiger partial charge in [0.1, 0.15) is 5.75 Å². The zero-order valence-electron chi connectivity index (χ0n) is 13.7. The average Bonchev–Trinajstić information content (AvgIpc) is 2.56. The van der Waals surface area contributed by atoms with E-state index in [9.17, 15) is 14.9 Å². The highest BCUT2D eigenvalue weighted by Crippen LogP contribution is 2.28. The SMILES string of the molecule is COc1ccc([N+](=O)[O-])cc1NC(=S)NC(=O)Cc1ccccc1C. The Hall–Kier alpha value is -3.00. The Labute approximate surface area is 150 Å². The highest BCUT2D eigenvalue weighted by molar-refractivity contribution is 7.80. The predicted octanol–water partition coefficient (Wildman–Crippen LogP) is 2.97. The van der Waals surface area contributed by atoms with Gasteiger partial charge in [0.05, 0.1) is 24.1 Å². The fraction of sp³-hybridized carbons (Fsp3) is 0.176. The Balaban J connectivity index is 2.04. The molecule has 130 valence electrons. The van der Waals surface area contributed by atoms with Gasteiger partial charge in [-0.1, -0.05) is 24.3 Å². The molecule has 2 aromatic rings. The molecule has 0 aliphatic heterocycles. The van der Waals surface area contributed by atoms with Gasteiger partial charge in [-0.15, -0.1) is 0 Å². The van der Waals surface area contributed by atoms with Crippen LogP contribution in [-0.2, 0) is 11.2 Å². The first-order valence-corrected chi connectivity index (χ1v) is 7.79. The van der Waals surface area contributed by atoms with Crippen molar-refractivity contribution in [3.05, 3.63) is 63.7 Å². The maximum absolute atomic E-state index is 12.1. The number of carbonyl (C=O) groups excluding carboxylic acids is 1. The number of benzene rings is 2. The number of amides is 1. The number of ether oxygens (including phenoxy) is 1. The topological polar surface area (TPSA) is 93.5 Å². The summed E-state index contributed by atoms with van der Waals surface area (Å²) in [4.78, 5) is 22.5. The van der Waals surface area contributed by atoms with Crippen molar-refractivity contribution in [3.63, 3.8) is 0 Å². The highest BCUT2D eigenvalue weighted by Gasteiger charge is 2.14. The summed E-state index contributed by atoms with van der Waals surface area (Å²) in [5.74, 6) is 0.0947. The molecule has 0 bridgehead atoms. The van der Waals surface area contributed by atoms with E-state index in [-0.39, 0.29) is 23.1 Å². The third kappa shape index (κ3) is 4.98. The second-order valence-corrected chi connectivity index (χ2v) is 5.66. The lowest BCUT2D eigenvalue weighted by Gasteiger charge is -2.13. The van der Waals surface area contributed by atoms with Gasteiger partial charge in [0.2, 0.25) is 5.91 Å². The molecule has 0 aliphatic rings. The van der Waals surface area contributed by atoms with Gasteiger partial charge in [-0.25, -0.2) is 0 Å². The molecule has 0 heterocycles. The molecule has 0 aromatic heterocycles. The molecule has 2 rings (SSSR count). The summed E-state index contributed by atoms with van der Waals surface area (Å²) in [7, 11) is 1.44. The quantitative estimate of drug-likeness (QED) is 0.484. The van der Waals surface area contributed by atoms with Crippen molar-refractivity contribution in [1.82, 2.24) is 5.32 Å². The lowest BCUT2D eigenvalue weighted by molar-refractivity contribution is -0.384. The van der Waals surface area contributed by atoms with Crippen molar-refractivity contribution in [1.29, 1.82) is 0 Å². The lowest BCUT2D eigenvalue weighted by Crippen LogP contribution is -2.35. The maximum atomic E-state index is 12.1. The number of nitrogens with zero attached hydrogens (tertiary/aromatic N) is 1. The number of anilines is 1. The van der Waals surface area contributed by atoms with Crippen LogP contribution in [0.2, 0.25) is 0 Å². The summed E-state index contributed by atoms with van der Waals surface area (Å²) in [5, 5.41) is 16.2. The Morgan fingerprint density at radius 1 is 1.28 bits per heavy atom. The van der Waals surface area contributed by atoms with Gasteiger partial charge in [0, 0.05) is 12.1 Å². The molecule has 0 atom stereocenters. The van der Waals surface area contributed by atoms with Crippen molar-refractivity contribution >= 4 is 34.6 Å². The fourth-order valence-electron chi connectivity index (χ4n) is 2.21. The largest absolute Gasteiger partial charge is 0.495 e. The first kappa shape index (κ1) is 18.3. The van der Waals surface area contributed by atoms with Gasteiger partial charge in [-0.2, -0.15) is 0 Å². The van der Waals surface area contributed by atoms with Gasteiger partial charge in [0.15, 0.2) is 5.11 Å². The molecule has 0 fully saturated rings. The van der Waals surface area contributed by atoms with Crippen molar-refractivity contribution in [2.24, 2.45) is 0 Å². The molecule has 25 heavy (non-hydrogen) atoms. The number of aryl methyl sites for hydroxylation is 1. The van der Waals surface area contributed by atoms with Crippen LogP contribution in [-0.4, -0.2) is 23.1 Å². The predicted molar refractivity (Wildman–Crippen MR) is 98.9 cm³/mol. The van der Waals surface area contributed by atoms with Crippen LogP contribution < -0.4 is 15.4 Å². The summed E-state index contributed by atoms with van der Waals surface area (Å²) >= 11 is 5.11. The highest BCUT2D eigenvalue weighted by atomic mass is 32.1.